The van der Waals surface area contributed by atoms with Gasteiger partial charge in [0.15, 0.2) is 11.5 Å². The van der Waals surface area contributed by atoms with E-state index in [1.165, 1.54) is 38.5 Å². The highest BCUT2D eigenvalue weighted by Crippen LogP contribution is 2.59. The standard InChI is InChI=1S/C34H36N6O3/c41-29-3-1-2-23(16-29)4-5-24-15-28(21-35-20-24)33(43)40-10-8-39(9-11-40)31-7-6-30(37-38-31)32(42)36-22-34-17-25-12-26(18-34)14-27(13-25)19-34/h1-3,6-7,15-16,20-21,25-27,41H,8-14,17-19,22H2,(H,36,42). The van der Waals surface area contributed by atoms with Crippen LogP contribution < -0.4 is 10.2 Å². The molecule has 3 heterocycles. The normalized spacial score (nSPS) is 25.6. The van der Waals surface area contributed by atoms with E-state index in [0.29, 0.717) is 54.4 Å². The molecule has 0 unspecified atom stereocenters. The van der Waals surface area contributed by atoms with Gasteiger partial charge in [0.2, 0.25) is 0 Å². The van der Waals surface area contributed by atoms with Crippen molar-refractivity contribution in [1.82, 2.24) is 25.4 Å². The van der Waals surface area contributed by atoms with Crippen LogP contribution in [-0.4, -0.2) is 69.7 Å². The molecule has 9 heteroatoms. The number of hydrogen-bond donors (Lipinski definition) is 2. The van der Waals surface area contributed by atoms with Gasteiger partial charge in [-0.1, -0.05) is 17.9 Å². The molecular weight excluding hydrogens is 540 g/mol. The van der Waals surface area contributed by atoms with Crippen LogP contribution in [0.1, 0.15) is 70.5 Å². The number of nitrogens with zero attached hydrogens (tertiary/aromatic N) is 5. The zero-order valence-corrected chi connectivity index (χ0v) is 24.2. The van der Waals surface area contributed by atoms with Crippen LogP contribution in [0.2, 0.25) is 0 Å². The van der Waals surface area contributed by atoms with Crippen molar-refractivity contribution in [3.05, 3.63) is 77.2 Å². The topological polar surface area (TPSA) is 112 Å². The number of phenols is 1. The van der Waals surface area contributed by atoms with Crippen molar-refractivity contribution in [2.45, 2.75) is 38.5 Å². The SMILES string of the molecule is O=C(NCC12CC3CC(CC(C3)C1)C2)c1ccc(N2CCN(C(=O)c3cncc(C#Cc4cccc(O)c4)c3)CC2)nn1. The molecule has 8 rings (SSSR count). The lowest BCUT2D eigenvalue weighted by Gasteiger charge is -2.56. The van der Waals surface area contributed by atoms with E-state index >= 15 is 0 Å². The monoisotopic (exact) mass is 576 g/mol. The average molecular weight is 577 g/mol. The number of aromatic nitrogens is 3. The zero-order valence-electron chi connectivity index (χ0n) is 24.2. The van der Waals surface area contributed by atoms with Crippen LogP contribution in [0, 0.1) is 35.0 Å². The molecule has 2 N–H and O–H groups in total. The van der Waals surface area contributed by atoms with Crippen molar-refractivity contribution < 1.29 is 14.7 Å². The molecule has 1 aliphatic heterocycles. The van der Waals surface area contributed by atoms with Gasteiger partial charge < -0.3 is 20.2 Å². The van der Waals surface area contributed by atoms with Crippen LogP contribution in [0.25, 0.3) is 0 Å². The van der Waals surface area contributed by atoms with E-state index < -0.39 is 0 Å². The molecule has 4 saturated carbocycles. The van der Waals surface area contributed by atoms with E-state index in [-0.39, 0.29) is 23.0 Å². The first-order chi connectivity index (χ1) is 20.9. The van der Waals surface area contributed by atoms with E-state index in [1.54, 1.807) is 47.6 Å². The van der Waals surface area contributed by atoms with E-state index in [2.05, 4.69) is 37.2 Å². The second-order valence-electron chi connectivity index (χ2n) is 12.9. The summed E-state index contributed by atoms with van der Waals surface area (Å²) in [4.78, 5) is 34.2. The second kappa shape index (κ2) is 11.3. The first-order valence-corrected chi connectivity index (χ1v) is 15.3. The fraction of sp³-hybridized carbons (Fsp3) is 0.441. The molecule has 3 aromatic rings. The molecule has 4 aliphatic carbocycles. The maximum atomic E-state index is 13.2. The van der Waals surface area contributed by atoms with Crippen molar-refractivity contribution in [1.29, 1.82) is 0 Å². The van der Waals surface area contributed by atoms with Gasteiger partial charge in [-0.25, -0.2) is 0 Å². The van der Waals surface area contributed by atoms with E-state index in [4.69, 9.17) is 0 Å². The molecule has 0 spiro atoms. The van der Waals surface area contributed by atoms with Gasteiger partial charge in [-0.15, -0.1) is 10.2 Å². The summed E-state index contributed by atoms with van der Waals surface area (Å²) in [6, 6.07) is 12.1. The van der Waals surface area contributed by atoms with Crippen molar-refractivity contribution in [2.75, 3.05) is 37.6 Å². The Labute approximate surface area is 251 Å². The van der Waals surface area contributed by atoms with Gasteiger partial charge >= 0.3 is 0 Å². The number of aromatic hydroxyl groups is 1. The number of carbonyl (C=O) groups excluding carboxylic acids is 2. The third kappa shape index (κ3) is 5.92. The Kier molecular flexibility index (Phi) is 7.21. The van der Waals surface area contributed by atoms with Gasteiger partial charge in [0.05, 0.1) is 5.56 Å². The lowest BCUT2D eigenvalue weighted by molar-refractivity contribution is -0.0503. The number of pyridine rings is 1. The van der Waals surface area contributed by atoms with Crippen LogP contribution in [0.4, 0.5) is 5.82 Å². The minimum atomic E-state index is -0.146. The molecule has 2 amide bonds. The Morgan fingerprint density at radius 2 is 1.60 bits per heavy atom. The summed E-state index contributed by atoms with van der Waals surface area (Å²) in [5.74, 6) is 9.21. The average Bonchev–Trinajstić information content (AvgIpc) is 3.02. The Morgan fingerprint density at radius 1 is 0.884 bits per heavy atom. The summed E-state index contributed by atoms with van der Waals surface area (Å²) >= 11 is 0. The summed E-state index contributed by atoms with van der Waals surface area (Å²) in [5, 5.41) is 21.4. The molecule has 43 heavy (non-hydrogen) atoms. The molecule has 1 aromatic carbocycles. The van der Waals surface area contributed by atoms with Crippen LogP contribution in [0.3, 0.4) is 0 Å². The number of rotatable bonds is 5. The quantitative estimate of drug-likeness (QED) is 0.444. The fourth-order valence-electron chi connectivity index (χ4n) is 8.15. The molecule has 9 nitrogen and oxygen atoms in total. The molecule has 0 atom stereocenters. The number of anilines is 1. The van der Waals surface area contributed by atoms with Crippen molar-refractivity contribution in [3.8, 4) is 17.6 Å². The molecule has 2 aromatic heterocycles. The van der Waals surface area contributed by atoms with Crippen molar-refractivity contribution >= 4 is 17.6 Å². The number of nitrogens with one attached hydrogen (secondary N) is 1. The van der Waals surface area contributed by atoms with Crippen LogP contribution in [-0.2, 0) is 0 Å². The molecule has 5 fully saturated rings. The summed E-state index contributed by atoms with van der Waals surface area (Å²) < 4.78 is 0. The fourth-order valence-corrected chi connectivity index (χ4v) is 8.15. The Morgan fingerprint density at radius 3 is 2.28 bits per heavy atom. The molecule has 4 bridgehead atoms. The number of carbonyl (C=O) groups is 2. The lowest BCUT2D eigenvalue weighted by Crippen LogP contribution is -2.51. The number of hydrogen-bond acceptors (Lipinski definition) is 7. The first-order valence-electron chi connectivity index (χ1n) is 15.3. The highest BCUT2D eigenvalue weighted by atomic mass is 16.3. The summed E-state index contributed by atoms with van der Waals surface area (Å²) in [6.45, 7) is 3.04. The van der Waals surface area contributed by atoms with E-state index in [0.717, 1.165) is 24.3 Å². The largest absolute Gasteiger partial charge is 0.508 e. The first kappa shape index (κ1) is 27.4. The van der Waals surface area contributed by atoms with Gasteiger partial charge in [-0.2, -0.15) is 0 Å². The zero-order chi connectivity index (χ0) is 29.4. The molecular formula is C34H36N6O3. The third-order valence-corrected chi connectivity index (χ3v) is 9.75. The minimum absolute atomic E-state index is 0.0923. The van der Waals surface area contributed by atoms with Gasteiger partial charge in [0.25, 0.3) is 11.8 Å². The maximum Gasteiger partial charge on any atom is 0.271 e. The number of benzene rings is 1. The minimum Gasteiger partial charge on any atom is -0.508 e. The van der Waals surface area contributed by atoms with Gasteiger partial charge in [0, 0.05) is 56.2 Å². The van der Waals surface area contributed by atoms with Crippen LogP contribution >= 0.6 is 0 Å². The molecule has 1 saturated heterocycles. The lowest BCUT2D eigenvalue weighted by atomic mass is 9.49. The predicted octanol–water partition coefficient (Wildman–Crippen LogP) is 3.89. The Hall–Kier alpha value is -4.45. The predicted molar refractivity (Wildman–Crippen MR) is 161 cm³/mol. The maximum absolute atomic E-state index is 13.2. The van der Waals surface area contributed by atoms with Crippen molar-refractivity contribution in [2.24, 2.45) is 23.2 Å². The van der Waals surface area contributed by atoms with E-state index in [1.807, 2.05) is 12.1 Å². The Balaban J connectivity index is 0.918. The van der Waals surface area contributed by atoms with Gasteiger partial charge in [-0.3, -0.25) is 14.6 Å². The molecule has 0 radical (unpaired) electrons. The van der Waals surface area contributed by atoms with Crippen molar-refractivity contribution in [3.63, 3.8) is 0 Å². The third-order valence-electron chi connectivity index (χ3n) is 9.75. The van der Waals surface area contributed by atoms with Crippen LogP contribution in [0.5, 0.6) is 5.75 Å². The molecule has 5 aliphatic rings. The highest BCUT2D eigenvalue weighted by molar-refractivity contribution is 5.94. The van der Waals surface area contributed by atoms with Crippen LogP contribution in [0.15, 0.2) is 54.9 Å². The van der Waals surface area contributed by atoms with Gasteiger partial charge in [-0.05, 0) is 98.1 Å². The second-order valence-corrected chi connectivity index (χ2v) is 12.9. The Bertz CT molecular complexity index is 1550. The molecule has 220 valence electrons. The smallest absolute Gasteiger partial charge is 0.271 e. The summed E-state index contributed by atoms with van der Waals surface area (Å²) in [5.41, 5.74) is 2.43. The summed E-state index contributed by atoms with van der Waals surface area (Å²) in [7, 11) is 0. The number of piperazine rings is 1. The number of amides is 2. The highest BCUT2D eigenvalue weighted by Gasteiger charge is 2.50. The van der Waals surface area contributed by atoms with E-state index in [9.17, 15) is 14.7 Å². The number of phenolic OH excluding ortho intramolecular Hbond substituents is 1. The van der Waals surface area contributed by atoms with Gasteiger partial charge in [0.1, 0.15) is 5.75 Å². The summed E-state index contributed by atoms with van der Waals surface area (Å²) in [6.07, 6.45) is 11.1.